The van der Waals surface area contributed by atoms with Crippen LogP contribution in [0.2, 0.25) is 5.02 Å². The van der Waals surface area contributed by atoms with Crippen molar-refractivity contribution in [1.82, 2.24) is 4.90 Å². The van der Waals surface area contributed by atoms with Crippen molar-refractivity contribution in [1.29, 1.82) is 0 Å². The molecular formula is C17H13ClN2OS. The Hall–Kier alpha value is -1.91. The van der Waals surface area contributed by atoms with Crippen LogP contribution in [-0.4, -0.2) is 22.0 Å². The van der Waals surface area contributed by atoms with E-state index >= 15 is 0 Å². The van der Waals surface area contributed by atoms with E-state index in [0.29, 0.717) is 23.1 Å². The molecule has 22 heavy (non-hydrogen) atoms. The van der Waals surface area contributed by atoms with Crippen LogP contribution in [0, 0.1) is 0 Å². The summed E-state index contributed by atoms with van der Waals surface area (Å²) in [6.07, 6.45) is 0.708. The maximum atomic E-state index is 12.8. The van der Waals surface area contributed by atoms with Gasteiger partial charge in [0.1, 0.15) is 6.04 Å². The second-order valence-electron chi connectivity index (χ2n) is 5.55. The summed E-state index contributed by atoms with van der Waals surface area (Å²) < 4.78 is 0. The average Bonchev–Trinajstić information content (AvgIpc) is 2.78. The summed E-state index contributed by atoms with van der Waals surface area (Å²) in [7, 11) is 0. The minimum absolute atomic E-state index is 0.0434. The zero-order valence-electron chi connectivity index (χ0n) is 11.7. The highest BCUT2D eigenvalue weighted by atomic mass is 35.5. The van der Waals surface area contributed by atoms with Crippen LogP contribution in [0.5, 0.6) is 0 Å². The maximum absolute atomic E-state index is 12.8. The van der Waals surface area contributed by atoms with Gasteiger partial charge in [0.05, 0.1) is 5.69 Å². The lowest BCUT2D eigenvalue weighted by atomic mass is 9.95. The smallest absolute Gasteiger partial charge is 0.256 e. The fourth-order valence-corrected chi connectivity index (χ4v) is 3.66. The molecule has 0 N–H and O–H groups in total. The van der Waals surface area contributed by atoms with Crippen molar-refractivity contribution in [2.24, 2.45) is 0 Å². The molecule has 2 aliphatic rings. The van der Waals surface area contributed by atoms with Gasteiger partial charge in [0.25, 0.3) is 5.91 Å². The van der Waals surface area contributed by atoms with E-state index in [0.717, 1.165) is 5.69 Å². The summed E-state index contributed by atoms with van der Waals surface area (Å²) in [6.45, 7) is 0.690. The van der Waals surface area contributed by atoms with Crippen LogP contribution >= 0.6 is 23.8 Å². The summed E-state index contributed by atoms with van der Waals surface area (Å²) in [4.78, 5) is 16.5. The molecule has 2 heterocycles. The summed E-state index contributed by atoms with van der Waals surface area (Å²) in [5.74, 6) is 0.0434. The number of thiocarbonyl (C=S) groups is 1. The minimum atomic E-state index is -0.196. The molecule has 2 aliphatic heterocycles. The standard InChI is InChI=1S/C17H13ClN2OS/c18-13-5-7-14(8-6-13)20-16(21)15-9-11-3-1-2-4-12(11)10-19(15)17(20)22/h1-8,15H,9-10H2/t15-/m0/s1. The first kappa shape index (κ1) is 13.7. The molecule has 0 spiro atoms. The Bertz CT molecular complexity index is 731. The molecule has 1 saturated heterocycles. The largest absolute Gasteiger partial charge is 0.332 e. The number of halogens is 1. The quantitative estimate of drug-likeness (QED) is 0.750. The molecule has 1 amide bonds. The van der Waals surface area contributed by atoms with Gasteiger partial charge in [-0.25, -0.2) is 0 Å². The molecule has 2 aromatic rings. The van der Waals surface area contributed by atoms with Crippen LogP contribution < -0.4 is 4.90 Å². The summed E-state index contributed by atoms with van der Waals surface area (Å²) >= 11 is 11.5. The highest BCUT2D eigenvalue weighted by molar-refractivity contribution is 7.80. The number of carbonyl (C=O) groups is 1. The van der Waals surface area contributed by atoms with Gasteiger partial charge in [-0.15, -0.1) is 0 Å². The number of carbonyl (C=O) groups excluding carboxylic acids is 1. The molecule has 0 bridgehead atoms. The van der Waals surface area contributed by atoms with Crippen LogP contribution in [0.3, 0.4) is 0 Å². The molecule has 5 heteroatoms. The first-order valence-electron chi connectivity index (χ1n) is 7.12. The van der Waals surface area contributed by atoms with Crippen LogP contribution in [-0.2, 0) is 17.8 Å². The lowest BCUT2D eigenvalue weighted by Gasteiger charge is -2.30. The van der Waals surface area contributed by atoms with Crippen molar-refractivity contribution in [2.45, 2.75) is 19.0 Å². The lowest BCUT2D eigenvalue weighted by Crippen LogP contribution is -2.39. The summed E-state index contributed by atoms with van der Waals surface area (Å²) in [6, 6.07) is 15.3. The van der Waals surface area contributed by atoms with E-state index in [-0.39, 0.29) is 11.9 Å². The molecule has 0 radical (unpaired) electrons. The third-order valence-electron chi connectivity index (χ3n) is 4.28. The van der Waals surface area contributed by atoms with Gasteiger partial charge in [0.15, 0.2) is 5.11 Å². The number of hydrogen-bond donors (Lipinski definition) is 0. The number of amides is 1. The molecule has 4 rings (SSSR count). The Kier molecular flexibility index (Phi) is 3.17. The number of fused-ring (bicyclic) bond motifs is 2. The number of benzene rings is 2. The fraction of sp³-hybridized carbons (Fsp3) is 0.176. The molecule has 1 fully saturated rings. The predicted molar refractivity (Wildman–Crippen MR) is 91.0 cm³/mol. The number of anilines is 1. The molecule has 0 saturated carbocycles. The molecule has 0 unspecified atom stereocenters. The molecule has 110 valence electrons. The lowest BCUT2D eigenvalue weighted by molar-refractivity contribution is -0.119. The van der Waals surface area contributed by atoms with Crippen LogP contribution in [0.4, 0.5) is 5.69 Å². The van der Waals surface area contributed by atoms with E-state index in [1.807, 2.05) is 29.2 Å². The molecule has 1 atom stereocenters. The SMILES string of the molecule is O=C1[C@@H]2Cc3ccccc3CN2C(=S)N1c1ccc(Cl)cc1. The van der Waals surface area contributed by atoms with Crippen molar-refractivity contribution >= 4 is 40.5 Å². The minimum Gasteiger partial charge on any atom is -0.332 e. The molecule has 3 nitrogen and oxygen atoms in total. The van der Waals surface area contributed by atoms with Crippen LogP contribution in [0.25, 0.3) is 0 Å². The second kappa shape index (κ2) is 5.07. The normalized spacial score (nSPS) is 20.1. The molecule has 2 aromatic carbocycles. The first-order valence-corrected chi connectivity index (χ1v) is 7.91. The van der Waals surface area contributed by atoms with Gasteiger partial charge in [-0.05, 0) is 47.6 Å². The van der Waals surface area contributed by atoms with Gasteiger partial charge < -0.3 is 4.90 Å². The topological polar surface area (TPSA) is 23.6 Å². The van der Waals surface area contributed by atoms with Gasteiger partial charge in [0.2, 0.25) is 0 Å². The zero-order chi connectivity index (χ0) is 15.3. The average molecular weight is 329 g/mol. The Morgan fingerprint density at radius 2 is 1.73 bits per heavy atom. The number of nitrogens with zero attached hydrogens (tertiary/aromatic N) is 2. The fourth-order valence-electron chi connectivity index (χ4n) is 3.14. The number of hydrogen-bond acceptors (Lipinski definition) is 2. The Morgan fingerprint density at radius 3 is 2.45 bits per heavy atom. The molecular weight excluding hydrogens is 316 g/mol. The Balaban J connectivity index is 1.71. The van der Waals surface area contributed by atoms with Crippen LogP contribution in [0.1, 0.15) is 11.1 Å². The molecule has 0 aromatic heterocycles. The van der Waals surface area contributed by atoms with Crippen molar-refractivity contribution in [3.05, 3.63) is 64.7 Å². The second-order valence-corrected chi connectivity index (χ2v) is 6.35. The van der Waals surface area contributed by atoms with Gasteiger partial charge in [0, 0.05) is 18.0 Å². The van der Waals surface area contributed by atoms with Crippen molar-refractivity contribution in [2.75, 3.05) is 4.90 Å². The van der Waals surface area contributed by atoms with Crippen molar-refractivity contribution in [3.8, 4) is 0 Å². The Labute approximate surface area is 139 Å². The first-order chi connectivity index (χ1) is 10.6. The third kappa shape index (κ3) is 2.02. The third-order valence-corrected chi connectivity index (χ3v) is 4.94. The van der Waals surface area contributed by atoms with E-state index in [1.54, 1.807) is 17.0 Å². The van der Waals surface area contributed by atoms with E-state index in [1.165, 1.54) is 11.1 Å². The summed E-state index contributed by atoms with van der Waals surface area (Å²) in [5.41, 5.74) is 3.25. The van der Waals surface area contributed by atoms with Gasteiger partial charge in [-0.1, -0.05) is 35.9 Å². The van der Waals surface area contributed by atoms with Gasteiger partial charge in [-0.2, -0.15) is 0 Å². The van der Waals surface area contributed by atoms with E-state index < -0.39 is 0 Å². The van der Waals surface area contributed by atoms with Crippen molar-refractivity contribution in [3.63, 3.8) is 0 Å². The van der Waals surface area contributed by atoms with Gasteiger partial charge in [-0.3, -0.25) is 9.69 Å². The van der Waals surface area contributed by atoms with Gasteiger partial charge >= 0.3 is 0 Å². The molecule has 0 aliphatic carbocycles. The van der Waals surface area contributed by atoms with E-state index in [9.17, 15) is 4.79 Å². The van der Waals surface area contributed by atoms with Crippen molar-refractivity contribution < 1.29 is 4.79 Å². The van der Waals surface area contributed by atoms with E-state index in [2.05, 4.69) is 12.1 Å². The monoisotopic (exact) mass is 328 g/mol. The van der Waals surface area contributed by atoms with E-state index in [4.69, 9.17) is 23.8 Å². The highest BCUT2D eigenvalue weighted by Gasteiger charge is 2.45. The van der Waals surface area contributed by atoms with Crippen LogP contribution in [0.15, 0.2) is 48.5 Å². The maximum Gasteiger partial charge on any atom is 0.256 e. The predicted octanol–water partition coefficient (Wildman–Crippen LogP) is 3.40. The summed E-state index contributed by atoms with van der Waals surface area (Å²) in [5, 5.41) is 1.22. The highest BCUT2D eigenvalue weighted by Crippen LogP contribution is 2.33. The Morgan fingerprint density at radius 1 is 1.05 bits per heavy atom. The zero-order valence-corrected chi connectivity index (χ0v) is 13.3. The number of rotatable bonds is 1.